The third-order valence-corrected chi connectivity index (χ3v) is 5.55. The molecule has 3 aromatic heterocycles. The average molecular weight is 393 g/mol. The normalized spacial score (nSPS) is 21.4. The molecular weight excluding hydrogens is 370 g/mol. The van der Waals surface area contributed by atoms with Crippen LogP contribution in [0.2, 0.25) is 0 Å². The molecule has 9 heteroatoms. The Kier molecular flexibility index (Phi) is 4.06. The van der Waals surface area contributed by atoms with Crippen LogP contribution >= 0.6 is 0 Å². The Bertz CT molecular complexity index is 1120. The summed E-state index contributed by atoms with van der Waals surface area (Å²) in [7, 11) is 3.50. The van der Waals surface area contributed by atoms with Crippen LogP contribution in [0.4, 0.5) is 0 Å². The van der Waals surface area contributed by atoms with Crippen LogP contribution in [-0.4, -0.2) is 62.1 Å². The monoisotopic (exact) mass is 393 g/mol. The summed E-state index contributed by atoms with van der Waals surface area (Å²) in [4.78, 5) is 23.1. The number of aromatic amines is 1. The first kappa shape index (κ1) is 17.7. The highest BCUT2D eigenvalue weighted by molar-refractivity contribution is 5.94. The van der Waals surface area contributed by atoms with E-state index in [1.165, 1.54) is 0 Å². The van der Waals surface area contributed by atoms with Gasteiger partial charge in [0.1, 0.15) is 23.0 Å². The summed E-state index contributed by atoms with van der Waals surface area (Å²) in [6, 6.07) is 5.50. The number of ether oxygens (including phenoxy) is 1. The highest BCUT2D eigenvalue weighted by Crippen LogP contribution is 2.35. The van der Waals surface area contributed by atoms with Gasteiger partial charge in [-0.15, -0.1) is 0 Å². The second kappa shape index (κ2) is 6.63. The first-order valence-electron chi connectivity index (χ1n) is 9.64. The second-order valence-corrected chi connectivity index (χ2v) is 7.42. The Labute approximate surface area is 167 Å². The number of aromatic nitrogens is 4. The van der Waals surface area contributed by atoms with Gasteiger partial charge in [-0.25, -0.2) is 14.9 Å². The molecule has 5 heterocycles. The van der Waals surface area contributed by atoms with Crippen molar-refractivity contribution in [1.82, 2.24) is 34.9 Å². The van der Waals surface area contributed by atoms with Crippen LogP contribution < -0.4 is 10.2 Å². The zero-order chi connectivity index (χ0) is 20.1. The number of fused-ring (bicyclic) bond motifs is 2. The number of methoxy groups -OCH3 is 1. The van der Waals surface area contributed by atoms with Crippen molar-refractivity contribution in [3.8, 4) is 5.75 Å². The lowest BCUT2D eigenvalue weighted by Gasteiger charge is -2.35. The van der Waals surface area contributed by atoms with Crippen molar-refractivity contribution < 1.29 is 9.53 Å². The number of hydrogen-bond acceptors (Lipinski definition) is 6. The molecule has 150 valence electrons. The number of imidazole rings is 1. The Morgan fingerprint density at radius 1 is 1.38 bits per heavy atom. The predicted molar refractivity (Wildman–Crippen MR) is 106 cm³/mol. The van der Waals surface area contributed by atoms with Gasteiger partial charge in [0.2, 0.25) is 0 Å². The van der Waals surface area contributed by atoms with Gasteiger partial charge >= 0.3 is 0 Å². The van der Waals surface area contributed by atoms with Gasteiger partial charge in [-0.05, 0) is 31.2 Å². The number of nitrogens with one attached hydrogen (secondary N) is 2. The summed E-state index contributed by atoms with van der Waals surface area (Å²) in [6.45, 7) is 2.61. The molecule has 2 N–H and O–H groups in total. The standard InChI is InChI=1S/C20H23N7O2/c1-12-9-16(25(2)23-12)20(28)26-8-6-13-18(22-11-21-13)19(26)14-10-15-17(29-3)5-4-7-27(15)24-14/h4-5,7,9-12,19,23H,6,8H2,1-3H3,(H,21,22)/t12?,19-/m1/s1. The topological polar surface area (TPSA) is 90.8 Å². The summed E-state index contributed by atoms with van der Waals surface area (Å²) < 4.78 is 7.26. The van der Waals surface area contributed by atoms with Crippen LogP contribution in [0.3, 0.4) is 0 Å². The maximum Gasteiger partial charge on any atom is 0.272 e. The summed E-state index contributed by atoms with van der Waals surface area (Å²) in [5.74, 6) is 0.700. The molecule has 0 saturated heterocycles. The SMILES string of the molecule is COc1cccn2nc([C@@H]3c4nc[nH]c4CCN3C(=O)C3=CC(C)NN3C)cc12. The van der Waals surface area contributed by atoms with E-state index in [0.29, 0.717) is 12.2 Å². The van der Waals surface area contributed by atoms with E-state index >= 15 is 0 Å². The highest BCUT2D eigenvalue weighted by atomic mass is 16.5. The maximum atomic E-state index is 13.5. The number of hydrazine groups is 1. The minimum absolute atomic E-state index is 0.0352. The van der Waals surface area contributed by atoms with Crippen molar-refractivity contribution in [2.24, 2.45) is 0 Å². The van der Waals surface area contributed by atoms with Crippen LogP contribution in [-0.2, 0) is 11.2 Å². The van der Waals surface area contributed by atoms with E-state index in [4.69, 9.17) is 9.84 Å². The first-order valence-corrected chi connectivity index (χ1v) is 9.64. The molecule has 29 heavy (non-hydrogen) atoms. The fraction of sp³-hybridized carbons (Fsp3) is 0.350. The molecule has 0 fully saturated rings. The van der Waals surface area contributed by atoms with Gasteiger partial charge in [-0.2, -0.15) is 5.10 Å². The van der Waals surface area contributed by atoms with Gasteiger partial charge in [-0.1, -0.05) is 0 Å². The molecule has 2 atom stereocenters. The van der Waals surface area contributed by atoms with E-state index in [2.05, 4.69) is 15.4 Å². The Morgan fingerprint density at radius 2 is 2.24 bits per heavy atom. The number of likely N-dealkylation sites (N-methyl/N-ethyl adjacent to an activating group) is 1. The smallest absolute Gasteiger partial charge is 0.272 e. The van der Waals surface area contributed by atoms with E-state index in [-0.39, 0.29) is 18.0 Å². The van der Waals surface area contributed by atoms with E-state index in [0.717, 1.165) is 34.8 Å². The predicted octanol–water partition coefficient (Wildman–Crippen LogP) is 1.26. The zero-order valence-electron chi connectivity index (χ0n) is 16.6. The molecule has 2 aliphatic rings. The lowest BCUT2D eigenvalue weighted by Crippen LogP contribution is -2.44. The molecule has 0 aromatic carbocycles. The van der Waals surface area contributed by atoms with E-state index in [9.17, 15) is 4.79 Å². The van der Waals surface area contributed by atoms with Gasteiger partial charge in [0.25, 0.3) is 5.91 Å². The van der Waals surface area contributed by atoms with Crippen LogP contribution in [0.25, 0.3) is 5.52 Å². The minimum atomic E-state index is -0.368. The van der Waals surface area contributed by atoms with Gasteiger partial charge in [0.05, 0.1) is 24.8 Å². The van der Waals surface area contributed by atoms with Crippen LogP contribution in [0.15, 0.2) is 42.5 Å². The molecule has 1 unspecified atom stereocenters. The number of carbonyl (C=O) groups excluding carboxylic acids is 1. The minimum Gasteiger partial charge on any atom is -0.494 e. The fourth-order valence-electron chi connectivity index (χ4n) is 4.23. The number of carbonyl (C=O) groups is 1. The molecule has 1 amide bonds. The summed E-state index contributed by atoms with van der Waals surface area (Å²) in [5.41, 5.74) is 7.37. The first-order chi connectivity index (χ1) is 14.1. The fourth-order valence-corrected chi connectivity index (χ4v) is 4.23. The Balaban J connectivity index is 1.61. The Hall–Kier alpha value is -3.33. The van der Waals surface area contributed by atoms with E-state index in [1.807, 2.05) is 49.3 Å². The summed E-state index contributed by atoms with van der Waals surface area (Å²) >= 11 is 0. The van der Waals surface area contributed by atoms with Crippen molar-refractivity contribution in [1.29, 1.82) is 0 Å². The molecule has 3 aromatic rings. The molecule has 0 bridgehead atoms. The van der Waals surface area contributed by atoms with Crippen LogP contribution in [0.5, 0.6) is 5.75 Å². The van der Waals surface area contributed by atoms with Gasteiger partial charge in [-0.3, -0.25) is 4.79 Å². The highest BCUT2D eigenvalue weighted by Gasteiger charge is 2.38. The van der Waals surface area contributed by atoms with E-state index < -0.39 is 0 Å². The van der Waals surface area contributed by atoms with Crippen molar-refractivity contribution in [2.75, 3.05) is 20.7 Å². The third-order valence-electron chi connectivity index (χ3n) is 5.55. The van der Waals surface area contributed by atoms with Crippen molar-refractivity contribution in [3.05, 3.63) is 59.6 Å². The van der Waals surface area contributed by atoms with Gasteiger partial charge < -0.3 is 19.6 Å². The van der Waals surface area contributed by atoms with Crippen LogP contribution in [0, 0.1) is 0 Å². The number of hydrogen-bond donors (Lipinski definition) is 2. The number of nitrogens with zero attached hydrogens (tertiary/aromatic N) is 5. The van der Waals surface area contributed by atoms with Crippen molar-refractivity contribution in [2.45, 2.75) is 25.4 Å². The third kappa shape index (κ3) is 2.77. The number of pyridine rings is 1. The molecule has 2 aliphatic heterocycles. The molecule has 0 spiro atoms. The number of H-pyrrole nitrogens is 1. The molecule has 0 aliphatic carbocycles. The molecular formula is C20H23N7O2. The lowest BCUT2D eigenvalue weighted by molar-refractivity contribution is -0.131. The largest absolute Gasteiger partial charge is 0.494 e. The lowest BCUT2D eigenvalue weighted by atomic mass is 9.99. The van der Waals surface area contributed by atoms with Crippen molar-refractivity contribution in [3.63, 3.8) is 0 Å². The van der Waals surface area contributed by atoms with Crippen LogP contribution in [0.1, 0.15) is 30.0 Å². The Morgan fingerprint density at radius 3 is 3.00 bits per heavy atom. The number of rotatable bonds is 3. The molecule has 5 rings (SSSR count). The summed E-state index contributed by atoms with van der Waals surface area (Å²) in [5, 5.41) is 6.55. The average Bonchev–Trinajstić information content (AvgIpc) is 3.43. The second-order valence-electron chi connectivity index (χ2n) is 7.42. The summed E-state index contributed by atoms with van der Waals surface area (Å²) in [6.07, 6.45) is 6.24. The number of amides is 1. The quantitative estimate of drug-likeness (QED) is 0.696. The molecule has 0 saturated carbocycles. The molecule has 9 nitrogen and oxygen atoms in total. The molecule has 0 radical (unpaired) electrons. The maximum absolute atomic E-state index is 13.5. The van der Waals surface area contributed by atoms with E-state index in [1.54, 1.807) is 23.0 Å². The van der Waals surface area contributed by atoms with Crippen molar-refractivity contribution >= 4 is 11.4 Å². The van der Waals surface area contributed by atoms with Gasteiger partial charge in [0, 0.05) is 37.9 Å². The van der Waals surface area contributed by atoms with Gasteiger partial charge in [0.15, 0.2) is 0 Å². The zero-order valence-corrected chi connectivity index (χ0v) is 16.6.